The van der Waals surface area contributed by atoms with Gasteiger partial charge in [0.15, 0.2) is 6.29 Å². The molecule has 11 heavy (non-hydrogen) atoms. The second kappa shape index (κ2) is 5.64. The predicted octanol–water partition coefficient (Wildman–Crippen LogP) is -1.85. The maximum absolute atomic E-state index is 9.95. The molecule has 0 amide bonds. The Morgan fingerprint density at radius 2 is 1.73 bits per heavy atom. The number of rotatable bonds is 3. The summed E-state index contributed by atoms with van der Waals surface area (Å²) in [4.78, 5) is 16.1. The summed E-state index contributed by atoms with van der Waals surface area (Å²) in [7, 11) is -4.69. The molecule has 0 saturated heterocycles. The topological polar surface area (TPSA) is 107 Å². The minimum atomic E-state index is -4.69. The minimum absolute atomic E-state index is 0. The molecule has 0 saturated carbocycles. The summed E-state index contributed by atoms with van der Waals surface area (Å²) >= 11 is 0. The fourth-order valence-corrected chi connectivity index (χ4v) is 0.686. The number of hydrogen-bond acceptors (Lipinski definition) is 4. The molecular weight excluding hydrogens is 186 g/mol. The van der Waals surface area contributed by atoms with Gasteiger partial charge in [-0.25, -0.2) is 4.57 Å². The monoisotopic (exact) mass is 196 g/mol. The number of hydrogen-bond donors (Lipinski definition) is 4. The number of aliphatic hydroxyl groups excluding tert-OH is 2. The van der Waals surface area contributed by atoms with Crippen LogP contribution < -0.4 is 0 Å². The van der Waals surface area contributed by atoms with E-state index in [-0.39, 0.29) is 29.6 Å². The number of phosphoric acid groups is 1. The Balaban J connectivity index is 0. The summed E-state index contributed by atoms with van der Waals surface area (Å²) in [5.74, 6) is 0. The molecule has 2 unspecified atom stereocenters. The van der Waals surface area contributed by atoms with E-state index in [1.807, 2.05) is 0 Å². The SMILES string of the molecule is CC(O)C(O)OP(=O)(O)O.[NaH]. The molecule has 0 fully saturated rings. The van der Waals surface area contributed by atoms with Gasteiger partial charge in [-0.1, -0.05) is 0 Å². The van der Waals surface area contributed by atoms with Crippen LogP contribution in [0, 0.1) is 0 Å². The van der Waals surface area contributed by atoms with E-state index in [1.54, 1.807) is 0 Å². The average Bonchev–Trinajstić information content (AvgIpc) is 1.60. The second-order valence-corrected chi connectivity index (χ2v) is 2.92. The Morgan fingerprint density at radius 1 is 1.36 bits per heavy atom. The molecule has 0 aliphatic rings. The maximum atomic E-state index is 9.95. The van der Waals surface area contributed by atoms with E-state index in [4.69, 9.17) is 20.0 Å². The molecule has 0 aromatic heterocycles. The molecule has 0 aliphatic heterocycles. The summed E-state index contributed by atoms with van der Waals surface area (Å²) in [6.45, 7) is 1.14. The van der Waals surface area contributed by atoms with Crippen LogP contribution in [0.5, 0.6) is 0 Å². The van der Waals surface area contributed by atoms with Crippen molar-refractivity contribution in [3.8, 4) is 0 Å². The fraction of sp³-hybridized carbons (Fsp3) is 1.00. The Bertz CT molecular complexity index is 143. The van der Waals surface area contributed by atoms with Crippen LogP contribution in [-0.2, 0) is 9.09 Å². The van der Waals surface area contributed by atoms with E-state index in [0.717, 1.165) is 6.92 Å². The van der Waals surface area contributed by atoms with Crippen molar-refractivity contribution in [2.75, 3.05) is 0 Å². The van der Waals surface area contributed by atoms with Gasteiger partial charge in [-0.15, -0.1) is 0 Å². The van der Waals surface area contributed by atoms with Gasteiger partial charge < -0.3 is 20.0 Å². The zero-order valence-electron chi connectivity index (χ0n) is 5.21. The first-order valence-electron chi connectivity index (χ1n) is 2.43. The van der Waals surface area contributed by atoms with E-state index in [9.17, 15) is 4.57 Å². The first-order valence-corrected chi connectivity index (χ1v) is 3.96. The van der Waals surface area contributed by atoms with Crippen LogP contribution in [0.1, 0.15) is 6.92 Å². The van der Waals surface area contributed by atoms with E-state index in [1.165, 1.54) is 0 Å². The molecule has 8 heteroatoms. The predicted molar refractivity (Wildman–Crippen MR) is 38.0 cm³/mol. The van der Waals surface area contributed by atoms with Gasteiger partial charge in [-0.05, 0) is 6.92 Å². The van der Waals surface area contributed by atoms with Crippen LogP contribution in [0.2, 0.25) is 0 Å². The van der Waals surface area contributed by atoms with Gasteiger partial charge in [-0.2, -0.15) is 0 Å². The summed E-state index contributed by atoms with van der Waals surface area (Å²) in [5, 5.41) is 17.0. The van der Waals surface area contributed by atoms with Crippen molar-refractivity contribution in [2.24, 2.45) is 0 Å². The van der Waals surface area contributed by atoms with Crippen LogP contribution in [0.4, 0.5) is 0 Å². The molecule has 0 radical (unpaired) electrons. The van der Waals surface area contributed by atoms with Gasteiger partial charge >= 0.3 is 37.4 Å². The Morgan fingerprint density at radius 3 is 1.82 bits per heavy atom. The fourth-order valence-electron chi connectivity index (χ4n) is 0.229. The van der Waals surface area contributed by atoms with Crippen molar-refractivity contribution < 1.29 is 29.1 Å². The Labute approximate surface area is 85.7 Å². The van der Waals surface area contributed by atoms with Crippen molar-refractivity contribution in [3.63, 3.8) is 0 Å². The second-order valence-electron chi connectivity index (χ2n) is 1.73. The van der Waals surface area contributed by atoms with Gasteiger partial charge in [0.1, 0.15) is 6.10 Å². The summed E-state index contributed by atoms with van der Waals surface area (Å²) < 4.78 is 13.6. The van der Waals surface area contributed by atoms with Crippen molar-refractivity contribution in [1.82, 2.24) is 0 Å². The molecule has 0 spiro atoms. The molecule has 2 atom stereocenters. The van der Waals surface area contributed by atoms with E-state index < -0.39 is 20.2 Å². The van der Waals surface area contributed by atoms with Gasteiger partial charge in [0.25, 0.3) is 0 Å². The molecule has 0 aromatic carbocycles. The Kier molecular flexibility index (Phi) is 7.46. The third-order valence-corrected chi connectivity index (χ3v) is 1.15. The van der Waals surface area contributed by atoms with E-state index in [2.05, 4.69) is 4.52 Å². The molecule has 0 rings (SSSR count). The molecule has 4 N–H and O–H groups in total. The molecule has 0 heterocycles. The third-order valence-electron chi connectivity index (χ3n) is 0.658. The van der Waals surface area contributed by atoms with Gasteiger partial charge in [0, 0.05) is 0 Å². The van der Waals surface area contributed by atoms with Gasteiger partial charge in [0.2, 0.25) is 0 Å². The molecule has 0 aromatic rings. The molecular formula is C3H10NaO6P. The van der Waals surface area contributed by atoms with E-state index >= 15 is 0 Å². The van der Waals surface area contributed by atoms with E-state index in [0.29, 0.717) is 0 Å². The van der Waals surface area contributed by atoms with Crippen LogP contribution in [0.15, 0.2) is 0 Å². The number of phosphoric ester groups is 1. The van der Waals surface area contributed by atoms with Crippen LogP contribution in [0.3, 0.4) is 0 Å². The van der Waals surface area contributed by atoms with Crippen molar-refractivity contribution >= 4 is 37.4 Å². The van der Waals surface area contributed by atoms with Crippen molar-refractivity contribution in [2.45, 2.75) is 19.3 Å². The first-order chi connectivity index (χ1) is 4.33. The Hall–Kier alpha value is 1.03. The zero-order chi connectivity index (χ0) is 8.36. The summed E-state index contributed by atoms with van der Waals surface area (Å²) in [5.41, 5.74) is 0. The standard InChI is InChI=1S/C3H9O6P.Na.H/c1-2(4)3(5)9-10(6,7)8;;/h2-5H,1H3,(H2,6,7,8);;. The van der Waals surface area contributed by atoms with Gasteiger partial charge in [0.05, 0.1) is 0 Å². The third kappa shape index (κ3) is 8.94. The van der Waals surface area contributed by atoms with Crippen LogP contribution in [-0.4, -0.2) is 62.0 Å². The van der Waals surface area contributed by atoms with Crippen LogP contribution >= 0.6 is 7.82 Å². The van der Waals surface area contributed by atoms with Gasteiger partial charge in [-0.3, -0.25) is 4.52 Å². The molecule has 64 valence electrons. The first kappa shape index (κ1) is 14.5. The van der Waals surface area contributed by atoms with Crippen LogP contribution in [0.25, 0.3) is 0 Å². The van der Waals surface area contributed by atoms with Crippen molar-refractivity contribution in [1.29, 1.82) is 0 Å². The molecule has 0 aliphatic carbocycles. The quantitative estimate of drug-likeness (QED) is 0.240. The normalized spacial score (nSPS) is 16.8. The molecule has 0 bridgehead atoms. The molecule has 6 nitrogen and oxygen atoms in total. The zero-order valence-corrected chi connectivity index (χ0v) is 6.10. The number of aliphatic hydroxyl groups is 2. The summed E-state index contributed by atoms with van der Waals surface area (Å²) in [6.07, 6.45) is -3.17. The average molecular weight is 196 g/mol. The van der Waals surface area contributed by atoms with Crippen molar-refractivity contribution in [3.05, 3.63) is 0 Å². The summed E-state index contributed by atoms with van der Waals surface area (Å²) in [6, 6.07) is 0.